The molecule has 3 heteroatoms. The molecule has 2 aromatic rings. The van der Waals surface area contributed by atoms with Crippen molar-refractivity contribution >= 4 is 0 Å². The molecule has 3 nitrogen and oxygen atoms in total. The Bertz CT molecular complexity index is 476. The Morgan fingerprint density at radius 2 is 1.95 bits per heavy atom. The minimum Gasteiger partial charge on any atom is -0.304 e. The molecular formula is C16H23N3. The second-order valence-electron chi connectivity index (χ2n) is 4.77. The number of hydrogen-bond donors (Lipinski definition) is 1. The van der Waals surface area contributed by atoms with E-state index >= 15 is 0 Å². The van der Waals surface area contributed by atoms with Crippen molar-refractivity contribution in [1.29, 1.82) is 0 Å². The first-order valence-corrected chi connectivity index (χ1v) is 7.14. The van der Waals surface area contributed by atoms with E-state index in [2.05, 4.69) is 60.7 Å². The quantitative estimate of drug-likeness (QED) is 0.822. The average Bonchev–Trinajstić information content (AvgIpc) is 2.92. The van der Waals surface area contributed by atoms with Crippen molar-refractivity contribution < 1.29 is 0 Å². The van der Waals surface area contributed by atoms with Crippen LogP contribution in [0.5, 0.6) is 0 Å². The van der Waals surface area contributed by atoms with Crippen LogP contribution in [0.25, 0.3) is 0 Å². The summed E-state index contributed by atoms with van der Waals surface area (Å²) < 4.78 is 2.04. The van der Waals surface area contributed by atoms with E-state index in [0.717, 1.165) is 19.5 Å². The molecule has 1 N–H and O–H groups in total. The zero-order chi connectivity index (χ0) is 13.5. The fraction of sp³-hybridized carbons (Fsp3) is 0.438. The van der Waals surface area contributed by atoms with E-state index in [0.29, 0.717) is 6.04 Å². The summed E-state index contributed by atoms with van der Waals surface area (Å²) in [6, 6.07) is 13.2. The lowest BCUT2D eigenvalue weighted by atomic mass is 10.0. The second kappa shape index (κ2) is 7.10. The van der Waals surface area contributed by atoms with Crippen LogP contribution in [0.1, 0.15) is 44.0 Å². The van der Waals surface area contributed by atoms with Gasteiger partial charge < -0.3 is 5.32 Å². The zero-order valence-electron chi connectivity index (χ0n) is 11.8. The lowest BCUT2D eigenvalue weighted by molar-refractivity contribution is 0.475. The average molecular weight is 257 g/mol. The Morgan fingerprint density at radius 3 is 2.63 bits per heavy atom. The number of nitrogens with zero attached hydrogens (tertiary/aromatic N) is 2. The summed E-state index contributed by atoms with van der Waals surface area (Å²) in [4.78, 5) is 0. The van der Waals surface area contributed by atoms with Crippen LogP contribution in [0.3, 0.4) is 0 Å². The maximum absolute atomic E-state index is 4.31. The van der Waals surface area contributed by atoms with E-state index < -0.39 is 0 Å². The number of hydrogen-bond acceptors (Lipinski definition) is 2. The Balaban J connectivity index is 2.02. The molecule has 0 aliphatic rings. The van der Waals surface area contributed by atoms with E-state index in [1.165, 1.54) is 17.7 Å². The lowest BCUT2D eigenvalue weighted by Crippen LogP contribution is -2.22. The topological polar surface area (TPSA) is 29.9 Å². The summed E-state index contributed by atoms with van der Waals surface area (Å²) in [6.07, 6.45) is 4.21. The number of nitrogens with one attached hydrogen (secondary N) is 1. The van der Waals surface area contributed by atoms with E-state index in [4.69, 9.17) is 0 Å². The highest BCUT2D eigenvalue weighted by atomic mass is 15.3. The van der Waals surface area contributed by atoms with E-state index in [1.807, 2.05) is 10.9 Å². The Labute approximate surface area is 115 Å². The third-order valence-electron chi connectivity index (χ3n) is 3.41. The molecule has 1 aromatic carbocycles. The van der Waals surface area contributed by atoms with Crippen molar-refractivity contribution in [3.05, 3.63) is 53.9 Å². The van der Waals surface area contributed by atoms with Gasteiger partial charge in [0.1, 0.15) is 0 Å². The van der Waals surface area contributed by atoms with Crippen molar-refractivity contribution in [3.63, 3.8) is 0 Å². The lowest BCUT2D eigenvalue weighted by Gasteiger charge is -2.19. The highest BCUT2D eigenvalue weighted by Gasteiger charge is 2.10. The van der Waals surface area contributed by atoms with Gasteiger partial charge in [-0.25, -0.2) is 0 Å². The van der Waals surface area contributed by atoms with Crippen molar-refractivity contribution in [2.75, 3.05) is 0 Å². The van der Waals surface area contributed by atoms with Gasteiger partial charge in [-0.05, 0) is 25.0 Å². The minimum absolute atomic E-state index is 0.423. The first kappa shape index (κ1) is 13.8. The summed E-state index contributed by atoms with van der Waals surface area (Å²) in [5.41, 5.74) is 2.62. The highest BCUT2D eigenvalue weighted by molar-refractivity contribution is 5.19. The highest BCUT2D eigenvalue weighted by Crippen LogP contribution is 2.18. The van der Waals surface area contributed by atoms with Gasteiger partial charge in [0.2, 0.25) is 0 Å². The van der Waals surface area contributed by atoms with Crippen LogP contribution < -0.4 is 5.32 Å². The molecule has 0 radical (unpaired) electrons. The van der Waals surface area contributed by atoms with Crippen LogP contribution in [-0.4, -0.2) is 9.78 Å². The van der Waals surface area contributed by atoms with Gasteiger partial charge in [-0.2, -0.15) is 5.10 Å². The monoisotopic (exact) mass is 257 g/mol. The summed E-state index contributed by atoms with van der Waals surface area (Å²) >= 11 is 0. The molecule has 0 aliphatic carbocycles. The van der Waals surface area contributed by atoms with Crippen LogP contribution in [-0.2, 0) is 13.1 Å². The molecule has 0 spiro atoms. The van der Waals surface area contributed by atoms with Gasteiger partial charge in [-0.15, -0.1) is 0 Å². The molecule has 0 bridgehead atoms. The molecule has 1 heterocycles. The Kier molecular flexibility index (Phi) is 5.16. The summed E-state index contributed by atoms with van der Waals surface area (Å²) in [7, 11) is 0. The first-order valence-electron chi connectivity index (χ1n) is 7.14. The fourth-order valence-corrected chi connectivity index (χ4v) is 2.38. The van der Waals surface area contributed by atoms with E-state index in [9.17, 15) is 0 Å². The van der Waals surface area contributed by atoms with E-state index in [-0.39, 0.29) is 0 Å². The van der Waals surface area contributed by atoms with Crippen molar-refractivity contribution in [1.82, 2.24) is 15.1 Å². The van der Waals surface area contributed by atoms with Crippen molar-refractivity contribution in [2.24, 2.45) is 0 Å². The van der Waals surface area contributed by atoms with Gasteiger partial charge in [0.25, 0.3) is 0 Å². The third kappa shape index (κ3) is 3.67. The van der Waals surface area contributed by atoms with Crippen molar-refractivity contribution in [2.45, 2.75) is 45.8 Å². The van der Waals surface area contributed by atoms with Gasteiger partial charge in [-0.1, -0.05) is 43.7 Å². The number of aryl methyl sites for hydroxylation is 1. The molecule has 1 aromatic heterocycles. The predicted octanol–water partition coefficient (Wildman–Crippen LogP) is 3.53. The largest absolute Gasteiger partial charge is 0.304 e. The van der Waals surface area contributed by atoms with Crippen molar-refractivity contribution in [3.8, 4) is 0 Å². The number of benzene rings is 1. The fourth-order valence-electron chi connectivity index (χ4n) is 2.38. The molecule has 0 amide bonds. The molecule has 19 heavy (non-hydrogen) atoms. The standard InChI is InChI=1S/C16H23N3/c1-3-8-16(14-9-6-5-7-10-14)17-13-15-11-12-18-19(15)4-2/h5-7,9-12,16-17H,3-4,8,13H2,1-2H3. The summed E-state index contributed by atoms with van der Waals surface area (Å²) in [6.45, 7) is 6.15. The summed E-state index contributed by atoms with van der Waals surface area (Å²) in [5, 5.41) is 7.96. The number of rotatable bonds is 7. The number of aromatic nitrogens is 2. The van der Waals surface area contributed by atoms with Gasteiger partial charge in [-0.3, -0.25) is 4.68 Å². The van der Waals surface area contributed by atoms with E-state index in [1.54, 1.807) is 0 Å². The third-order valence-corrected chi connectivity index (χ3v) is 3.41. The second-order valence-corrected chi connectivity index (χ2v) is 4.77. The Hall–Kier alpha value is -1.61. The maximum atomic E-state index is 4.31. The van der Waals surface area contributed by atoms with Crippen LogP contribution in [0.2, 0.25) is 0 Å². The van der Waals surface area contributed by atoms with Gasteiger partial charge >= 0.3 is 0 Å². The molecule has 1 unspecified atom stereocenters. The van der Waals surface area contributed by atoms with Gasteiger partial charge in [0.05, 0.1) is 5.69 Å². The minimum atomic E-state index is 0.423. The maximum Gasteiger partial charge on any atom is 0.0522 e. The van der Waals surface area contributed by atoms with Gasteiger partial charge in [0.15, 0.2) is 0 Å². The molecule has 0 aliphatic heterocycles. The predicted molar refractivity (Wildman–Crippen MR) is 78.8 cm³/mol. The normalized spacial score (nSPS) is 12.5. The molecule has 2 rings (SSSR count). The van der Waals surface area contributed by atoms with Crippen LogP contribution in [0, 0.1) is 0 Å². The van der Waals surface area contributed by atoms with Crippen LogP contribution in [0.15, 0.2) is 42.6 Å². The van der Waals surface area contributed by atoms with Gasteiger partial charge in [0, 0.05) is 25.3 Å². The Morgan fingerprint density at radius 1 is 1.16 bits per heavy atom. The molecule has 0 saturated heterocycles. The first-order chi connectivity index (χ1) is 9.35. The van der Waals surface area contributed by atoms with Crippen LogP contribution >= 0.6 is 0 Å². The van der Waals surface area contributed by atoms with Crippen LogP contribution in [0.4, 0.5) is 0 Å². The molecular weight excluding hydrogens is 234 g/mol. The molecule has 0 saturated carbocycles. The summed E-state index contributed by atoms with van der Waals surface area (Å²) in [5.74, 6) is 0. The SMILES string of the molecule is CCCC(NCc1ccnn1CC)c1ccccc1. The zero-order valence-corrected chi connectivity index (χ0v) is 11.8. The molecule has 0 fully saturated rings. The molecule has 102 valence electrons. The molecule has 1 atom stereocenters. The smallest absolute Gasteiger partial charge is 0.0522 e.